The Morgan fingerprint density at radius 2 is 2.47 bits per heavy atom. The van der Waals surface area contributed by atoms with E-state index < -0.39 is 4.92 Å². The van der Waals surface area contributed by atoms with E-state index in [0.29, 0.717) is 18.5 Å². The number of rotatable bonds is 2. The molecular weight excluding hydrogens is 196 g/mol. The molecule has 1 aromatic heterocycles. The smallest absolute Gasteiger partial charge is 0.358 e. The number of imidazole rings is 1. The van der Waals surface area contributed by atoms with Crippen LogP contribution >= 0.6 is 0 Å². The van der Waals surface area contributed by atoms with Crippen LogP contribution in [-0.2, 0) is 12.8 Å². The molecule has 1 unspecified atom stereocenters. The summed E-state index contributed by atoms with van der Waals surface area (Å²) in [6.45, 7) is 1.93. The Bertz CT molecular complexity index is 399. The van der Waals surface area contributed by atoms with Gasteiger partial charge in [0.05, 0.1) is 6.17 Å². The van der Waals surface area contributed by atoms with Crippen LogP contribution in [0.3, 0.4) is 0 Å². The molecule has 6 heteroatoms. The predicted octanol–water partition coefficient (Wildman–Crippen LogP) is 1.15. The molecule has 0 amide bonds. The highest BCUT2D eigenvalue weighted by atomic mass is 16.6. The Hall–Kier alpha value is -1.43. The lowest BCUT2D eigenvalue weighted by Crippen LogP contribution is -2.26. The Balaban J connectivity index is 2.57. The summed E-state index contributed by atoms with van der Waals surface area (Å²) in [6.07, 6.45) is 3.00. The van der Waals surface area contributed by atoms with Crippen LogP contribution in [0.1, 0.15) is 37.4 Å². The fourth-order valence-corrected chi connectivity index (χ4v) is 2.13. The van der Waals surface area contributed by atoms with E-state index in [2.05, 4.69) is 4.98 Å². The number of nitrogens with zero attached hydrogens (tertiary/aromatic N) is 3. The molecule has 1 aromatic rings. The monoisotopic (exact) mass is 210 g/mol. The summed E-state index contributed by atoms with van der Waals surface area (Å²) in [6, 6.07) is 0. The van der Waals surface area contributed by atoms with E-state index in [1.807, 2.05) is 11.5 Å². The number of nitro groups is 1. The minimum atomic E-state index is -0.414. The number of fused-ring (bicyclic) bond motifs is 1. The number of hydrogen-bond donors (Lipinski definition) is 1. The SMILES string of the molecule is CCc1nc([N+](=O)[O-])c2n1C(N)CCC2. The summed E-state index contributed by atoms with van der Waals surface area (Å²) in [7, 11) is 0. The maximum absolute atomic E-state index is 10.8. The van der Waals surface area contributed by atoms with Gasteiger partial charge in [-0.25, -0.2) is 0 Å². The van der Waals surface area contributed by atoms with Gasteiger partial charge in [-0.1, -0.05) is 6.92 Å². The van der Waals surface area contributed by atoms with Crippen molar-refractivity contribution >= 4 is 5.82 Å². The highest BCUT2D eigenvalue weighted by molar-refractivity contribution is 5.32. The second-order valence-corrected chi connectivity index (χ2v) is 3.74. The molecule has 2 rings (SSSR count). The number of aromatic nitrogens is 2. The van der Waals surface area contributed by atoms with E-state index in [9.17, 15) is 10.1 Å². The van der Waals surface area contributed by atoms with E-state index in [-0.39, 0.29) is 12.0 Å². The normalized spacial score (nSPS) is 20.0. The predicted molar refractivity (Wildman–Crippen MR) is 54.4 cm³/mol. The Labute approximate surface area is 87.2 Å². The molecule has 0 bridgehead atoms. The first-order valence-electron chi connectivity index (χ1n) is 5.15. The van der Waals surface area contributed by atoms with Crippen molar-refractivity contribution in [3.63, 3.8) is 0 Å². The summed E-state index contributed by atoms with van der Waals surface area (Å²) in [5.74, 6) is 0.714. The summed E-state index contributed by atoms with van der Waals surface area (Å²) in [5.41, 5.74) is 6.63. The summed E-state index contributed by atoms with van der Waals surface area (Å²) in [5, 5.41) is 10.8. The van der Waals surface area contributed by atoms with E-state index in [4.69, 9.17) is 5.73 Å². The lowest BCUT2D eigenvalue weighted by Gasteiger charge is -2.21. The van der Waals surface area contributed by atoms with Gasteiger partial charge in [0, 0.05) is 6.42 Å². The average molecular weight is 210 g/mol. The molecule has 0 radical (unpaired) electrons. The molecule has 0 saturated carbocycles. The first-order valence-corrected chi connectivity index (χ1v) is 5.15. The van der Waals surface area contributed by atoms with Crippen LogP contribution < -0.4 is 5.73 Å². The van der Waals surface area contributed by atoms with Crippen LogP contribution in [0.4, 0.5) is 5.82 Å². The third-order valence-corrected chi connectivity index (χ3v) is 2.80. The fourth-order valence-electron chi connectivity index (χ4n) is 2.13. The third kappa shape index (κ3) is 1.50. The zero-order valence-electron chi connectivity index (χ0n) is 8.64. The largest absolute Gasteiger partial charge is 0.385 e. The zero-order valence-corrected chi connectivity index (χ0v) is 8.64. The van der Waals surface area contributed by atoms with Crippen molar-refractivity contribution in [1.29, 1.82) is 0 Å². The van der Waals surface area contributed by atoms with E-state index in [0.717, 1.165) is 18.7 Å². The molecule has 1 aliphatic rings. The molecule has 0 fully saturated rings. The van der Waals surface area contributed by atoms with Gasteiger partial charge in [-0.15, -0.1) is 0 Å². The first kappa shape index (κ1) is 10.1. The van der Waals surface area contributed by atoms with Crippen LogP contribution in [0.5, 0.6) is 0 Å². The van der Waals surface area contributed by atoms with Gasteiger partial charge in [0.1, 0.15) is 5.69 Å². The molecular formula is C9H14N4O2. The minimum Gasteiger partial charge on any atom is -0.358 e. The van der Waals surface area contributed by atoms with Crippen molar-refractivity contribution in [2.45, 2.75) is 38.8 Å². The zero-order chi connectivity index (χ0) is 11.0. The van der Waals surface area contributed by atoms with Crippen LogP contribution in [0.2, 0.25) is 0 Å². The van der Waals surface area contributed by atoms with Gasteiger partial charge in [-0.3, -0.25) is 4.57 Å². The molecule has 0 aromatic carbocycles. The second-order valence-electron chi connectivity index (χ2n) is 3.74. The quantitative estimate of drug-likeness (QED) is 0.585. The van der Waals surface area contributed by atoms with Crippen molar-refractivity contribution in [2.75, 3.05) is 0 Å². The summed E-state index contributed by atoms with van der Waals surface area (Å²) >= 11 is 0. The third-order valence-electron chi connectivity index (χ3n) is 2.80. The maximum Gasteiger partial charge on any atom is 0.385 e. The van der Waals surface area contributed by atoms with E-state index in [1.165, 1.54) is 0 Å². The maximum atomic E-state index is 10.8. The molecule has 0 spiro atoms. The Morgan fingerprint density at radius 1 is 1.73 bits per heavy atom. The van der Waals surface area contributed by atoms with Gasteiger partial charge in [-0.2, -0.15) is 0 Å². The molecule has 2 N–H and O–H groups in total. The lowest BCUT2D eigenvalue weighted by molar-refractivity contribution is -0.390. The highest BCUT2D eigenvalue weighted by Gasteiger charge is 2.31. The number of hydrogen-bond acceptors (Lipinski definition) is 4. The topological polar surface area (TPSA) is 87.0 Å². The van der Waals surface area contributed by atoms with E-state index in [1.54, 1.807) is 0 Å². The van der Waals surface area contributed by atoms with Gasteiger partial charge in [-0.05, 0) is 29.2 Å². The van der Waals surface area contributed by atoms with Crippen LogP contribution in [0, 0.1) is 10.1 Å². The van der Waals surface area contributed by atoms with Crippen molar-refractivity contribution in [1.82, 2.24) is 9.55 Å². The fraction of sp³-hybridized carbons (Fsp3) is 0.667. The van der Waals surface area contributed by atoms with Gasteiger partial charge in [0.15, 0.2) is 0 Å². The Kier molecular flexibility index (Phi) is 2.44. The van der Waals surface area contributed by atoms with Gasteiger partial charge in [0.2, 0.25) is 5.82 Å². The van der Waals surface area contributed by atoms with Crippen molar-refractivity contribution in [3.8, 4) is 0 Å². The highest BCUT2D eigenvalue weighted by Crippen LogP contribution is 2.30. The van der Waals surface area contributed by atoms with Crippen molar-refractivity contribution < 1.29 is 4.92 Å². The van der Waals surface area contributed by atoms with Crippen LogP contribution in [0.25, 0.3) is 0 Å². The molecule has 82 valence electrons. The van der Waals surface area contributed by atoms with Gasteiger partial charge >= 0.3 is 5.82 Å². The summed E-state index contributed by atoms with van der Waals surface area (Å²) in [4.78, 5) is 14.4. The van der Waals surface area contributed by atoms with Crippen molar-refractivity contribution in [3.05, 3.63) is 21.6 Å². The molecule has 15 heavy (non-hydrogen) atoms. The van der Waals surface area contributed by atoms with Crippen LogP contribution in [-0.4, -0.2) is 14.5 Å². The summed E-state index contributed by atoms with van der Waals surface area (Å²) < 4.78 is 1.83. The van der Waals surface area contributed by atoms with Gasteiger partial charge in [0.25, 0.3) is 0 Å². The van der Waals surface area contributed by atoms with Crippen molar-refractivity contribution in [2.24, 2.45) is 5.73 Å². The minimum absolute atomic E-state index is 0.0120. The molecule has 0 aliphatic carbocycles. The first-order chi connectivity index (χ1) is 7.15. The molecule has 2 heterocycles. The van der Waals surface area contributed by atoms with Gasteiger partial charge < -0.3 is 15.8 Å². The molecule has 1 aliphatic heterocycles. The Morgan fingerprint density at radius 3 is 3.07 bits per heavy atom. The average Bonchev–Trinajstić information content (AvgIpc) is 2.58. The molecule has 1 atom stereocenters. The molecule has 6 nitrogen and oxygen atoms in total. The second kappa shape index (κ2) is 3.62. The number of nitrogens with two attached hydrogens (primary N) is 1. The standard InChI is InChI=1S/C9H14N4O2/c1-2-8-11-9(13(14)15)6-4-3-5-7(10)12(6)8/h7H,2-5,10H2,1H3. The van der Waals surface area contributed by atoms with Crippen LogP contribution in [0.15, 0.2) is 0 Å². The number of aryl methyl sites for hydroxylation is 1. The molecule has 0 saturated heterocycles. The van der Waals surface area contributed by atoms with E-state index >= 15 is 0 Å². The lowest BCUT2D eigenvalue weighted by atomic mass is 10.1.